The van der Waals surface area contributed by atoms with Crippen molar-refractivity contribution in [2.75, 3.05) is 0 Å². The van der Waals surface area contributed by atoms with Crippen LogP contribution in [0.15, 0.2) is 24.5 Å². The molecule has 6 nitrogen and oxygen atoms in total. The van der Waals surface area contributed by atoms with Crippen molar-refractivity contribution in [2.24, 2.45) is 0 Å². The number of allylic oxidation sites excluding steroid dienone is 1. The van der Waals surface area contributed by atoms with Gasteiger partial charge in [-0.05, 0) is 11.6 Å². The van der Waals surface area contributed by atoms with Crippen LogP contribution in [0.5, 0.6) is 0 Å². The Balaban J connectivity index is 2.45. The number of nitrogens with zero attached hydrogens (tertiary/aromatic N) is 3. The Kier molecular flexibility index (Phi) is 2.83. The SMILES string of the molecule is N#CCC=Cc1cnc2[nH]cc([N+](=O)[O-])c2c1. The zero-order chi connectivity index (χ0) is 12.3. The summed E-state index contributed by atoms with van der Waals surface area (Å²) >= 11 is 0. The van der Waals surface area contributed by atoms with Crippen LogP contribution in [0, 0.1) is 21.4 Å². The molecular formula is C11H8N4O2. The van der Waals surface area contributed by atoms with E-state index in [1.807, 2.05) is 6.07 Å². The lowest BCUT2D eigenvalue weighted by atomic mass is 10.2. The summed E-state index contributed by atoms with van der Waals surface area (Å²) in [6.07, 6.45) is 6.61. The number of hydrogen-bond donors (Lipinski definition) is 1. The standard InChI is InChI=1S/C11H8N4O2/c12-4-2-1-3-8-5-9-10(15(16)17)7-14-11(9)13-6-8/h1,3,5-7H,2H2,(H,13,14). The van der Waals surface area contributed by atoms with Gasteiger partial charge in [0.05, 0.1) is 29.0 Å². The van der Waals surface area contributed by atoms with Crippen LogP contribution in [0.25, 0.3) is 17.1 Å². The van der Waals surface area contributed by atoms with E-state index in [-0.39, 0.29) is 5.69 Å². The number of nitro groups is 1. The van der Waals surface area contributed by atoms with Crippen LogP contribution in [0.1, 0.15) is 12.0 Å². The van der Waals surface area contributed by atoms with Crippen molar-refractivity contribution in [1.82, 2.24) is 9.97 Å². The summed E-state index contributed by atoms with van der Waals surface area (Å²) < 4.78 is 0. The fourth-order valence-electron chi connectivity index (χ4n) is 1.50. The van der Waals surface area contributed by atoms with E-state index in [4.69, 9.17) is 5.26 Å². The molecule has 1 N–H and O–H groups in total. The molecule has 0 aliphatic carbocycles. The van der Waals surface area contributed by atoms with Crippen molar-refractivity contribution in [3.63, 3.8) is 0 Å². The third-order valence-corrected chi connectivity index (χ3v) is 2.25. The molecule has 0 aliphatic heterocycles. The second-order valence-corrected chi connectivity index (χ2v) is 3.36. The molecule has 2 aromatic rings. The van der Waals surface area contributed by atoms with Gasteiger partial charge in [-0.1, -0.05) is 12.2 Å². The zero-order valence-corrected chi connectivity index (χ0v) is 8.75. The third-order valence-electron chi connectivity index (χ3n) is 2.25. The molecule has 0 saturated heterocycles. The molecule has 6 heteroatoms. The van der Waals surface area contributed by atoms with Gasteiger partial charge in [0.25, 0.3) is 5.69 Å². The maximum atomic E-state index is 10.7. The fraction of sp³-hybridized carbons (Fsp3) is 0.0909. The highest BCUT2D eigenvalue weighted by molar-refractivity contribution is 5.87. The molecule has 0 atom stereocenters. The van der Waals surface area contributed by atoms with Gasteiger partial charge in [-0.25, -0.2) is 4.98 Å². The van der Waals surface area contributed by atoms with Crippen molar-refractivity contribution in [3.05, 3.63) is 40.2 Å². The van der Waals surface area contributed by atoms with Crippen molar-refractivity contribution in [3.8, 4) is 6.07 Å². The van der Waals surface area contributed by atoms with Crippen molar-refractivity contribution < 1.29 is 4.92 Å². The van der Waals surface area contributed by atoms with Crippen LogP contribution in [0.4, 0.5) is 5.69 Å². The number of hydrogen-bond acceptors (Lipinski definition) is 4. The molecule has 0 amide bonds. The smallest absolute Gasteiger partial charge is 0.296 e. The van der Waals surface area contributed by atoms with Gasteiger partial charge in [-0.2, -0.15) is 5.26 Å². The van der Waals surface area contributed by atoms with E-state index in [9.17, 15) is 10.1 Å². The van der Waals surface area contributed by atoms with Crippen LogP contribution in [0.2, 0.25) is 0 Å². The molecule has 2 aromatic heterocycles. The average molecular weight is 228 g/mol. The van der Waals surface area contributed by atoms with E-state index in [1.54, 1.807) is 24.4 Å². The van der Waals surface area contributed by atoms with Gasteiger partial charge < -0.3 is 4.98 Å². The van der Waals surface area contributed by atoms with E-state index in [2.05, 4.69) is 9.97 Å². The molecular weight excluding hydrogens is 220 g/mol. The number of nitriles is 1. The summed E-state index contributed by atoms with van der Waals surface area (Å²) in [5.74, 6) is 0. The van der Waals surface area contributed by atoms with Gasteiger partial charge in [0.2, 0.25) is 0 Å². The Morgan fingerprint density at radius 3 is 3.18 bits per heavy atom. The van der Waals surface area contributed by atoms with Crippen LogP contribution >= 0.6 is 0 Å². The van der Waals surface area contributed by atoms with Crippen LogP contribution in [-0.4, -0.2) is 14.9 Å². The van der Waals surface area contributed by atoms with Crippen LogP contribution in [-0.2, 0) is 0 Å². The lowest BCUT2D eigenvalue weighted by Gasteiger charge is -1.93. The summed E-state index contributed by atoms with van der Waals surface area (Å²) in [6.45, 7) is 0. The number of rotatable bonds is 3. The van der Waals surface area contributed by atoms with Crippen molar-refractivity contribution >= 4 is 22.8 Å². The average Bonchev–Trinajstić information content (AvgIpc) is 2.72. The van der Waals surface area contributed by atoms with Gasteiger partial charge in [-0.15, -0.1) is 0 Å². The van der Waals surface area contributed by atoms with Gasteiger partial charge in [0.1, 0.15) is 5.65 Å². The predicted octanol–water partition coefficient (Wildman–Crippen LogP) is 2.40. The highest BCUT2D eigenvalue weighted by Gasteiger charge is 2.14. The maximum Gasteiger partial charge on any atom is 0.296 e. The van der Waals surface area contributed by atoms with Crippen LogP contribution < -0.4 is 0 Å². The van der Waals surface area contributed by atoms with E-state index in [0.717, 1.165) is 5.56 Å². The summed E-state index contributed by atoms with van der Waals surface area (Å²) in [5.41, 5.74) is 1.22. The van der Waals surface area contributed by atoms with Gasteiger partial charge in [0, 0.05) is 6.20 Å². The molecule has 0 aromatic carbocycles. The zero-order valence-electron chi connectivity index (χ0n) is 8.75. The van der Waals surface area contributed by atoms with E-state index < -0.39 is 4.92 Å². The number of pyridine rings is 1. The minimum Gasteiger partial charge on any atom is -0.340 e. The van der Waals surface area contributed by atoms with Gasteiger partial charge in [-0.3, -0.25) is 10.1 Å². The summed E-state index contributed by atoms with van der Waals surface area (Å²) in [6, 6.07) is 3.65. The Bertz CT molecular complexity index is 636. The first-order valence-electron chi connectivity index (χ1n) is 4.87. The minimum absolute atomic E-state index is 0.00281. The molecule has 0 unspecified atom stereocenters. The largest absolute Gasteiger partial charge is 0.340 e. The van der Waals surface area contributed by atoms with Crippen molar-refractivity contribution in [2.45, 2.75) is 6.42 Å². The number of aromatic nitrogens is 2. The lowest BCUT2D eigenvalue weighted by Crippen LogP contribution is -1.86. The normalized spacial score (nSPS) is 10.8. The first-order valence-corrected chi connectivity index (χ1v) is 4.87. The Morgan fingerprint density at radius 1 is 1.65 bits per heavy atom. The monoisotopic (exact) mass is 228 g/mol. The molecule has 0 aliphatic rings. The summed E-state index contributed by atoms with van der Waals surface area (Å²) in [4.78, 5) is 17.1. The first-order chi connectivity index (χ1) is 8.22. The predicted molar refractivity (Wildman–Crippen MR) is 62.0 cm³/mol. The molecule has 0 radical (unpaired) electrons. The molecule has 84 valence electrons. The number of H-pyrrole nitrogens is 1. The molecule has 0 spiro atoms. The summed E-state index contributed by atoms with van der Waals surface area (Å²) in [5, 5.41) is 19.6. The Hall–Kier alpha value is -2.68. The van der Waals surface area contributed by atoms with Crippen LogP contribution in [0.3, 0.4) is 0 Å². The number of nitrogens with one attached hydrogen (secondary N) is 1. The lowest BCUT2D eigenvalue weighted by molar-refractivity contribution is -0.383. The molecule has 0 saturated carbocycles. The van der Waals surface area contributed by atoms with E-state index in [0.29, 0.717) is 17.5 Å². The topological polar surface area (TPSA) is 95.6 Å². The highest BCUT2D eigenvalue weighted by atomic mass is 16.6. The van der Waals surface area contributed by atoms with Crippen molar-refractivity contribution in [1.29, 1.82) is 5.26 Å². The molecule has 2 heterocycles. The minimum atomic E-state index is -0.455. The maximum absolute atomic E-state index is 10.7. The van der Waals surface area contributed by atoms with Gasteiger partial charge >= 0.3 is 0 Å². The Labute approximate surface area is 96.4 Å². The third kappa shape index (κ3) is 2.13. The highest BCUT2D eigenvalue weighted by Crippen LogP contribution is 2.24. The van der Waals surface area contributed by atoms with Gasteiger partial charge in [0.15, 0.2) is 0 Å². The quantitative estimate of drug-likeness (QED) is 0.644. The van der Waals surface area contributed by atoms with E-state index in [1.165, 1.54) is 6.20 Å². The number of aromatic amines is 1. The molecule has 0 fully saturated rings. The Morgan fingerprint density at radius 2 is 2.47 bits per heavy atom. The molecule has 0 bridgehead atoms. The summed E-state index contributed by atoms with van der Waals surface area (Å²) in [7, 11) is 0. The first kappa shape index (κ1) is 10.8. The fourth-order valence-corrected chi connectivity index (χ4v) is 1.50. The molecule has 2 rings (SSSR count). The second-order valence-electron chi connectivity index (χ2n) is 3.36. The van der Waals surface area contributed by atoms with E-state index >= 15 is 0 Å². The molecule has 17 heavy (non-hydrogen) atoms. The second kappa shape index (κ2) is 4.45. The number of fused-ring (bicyclic) bond motifs is 1.